The van der Waals surface area contributed by atoms with Gasteiger partial charge < -0.3 is 10.1 Å². The summed E-state index contributed by atoms with van der Waals surface area (Å²) in [5, 5.41) is 3.47. The van der Waals surface area contributed by atoms with Gasteiger partial charge in [-0.3, -0.25) is 4.98 Å². The molecule has 0 aliphatic carbocycles. The highest BCUT2D eigenvalue weighted by Crippen LogP contribution is 2.20. The minimum absolute atomic E-state index is 0.278. The van der Waals surface area contributed by atoms with E-state index in [9.17, 15) is 0 Å². The van der Waals surface area contributed by atoms with Crippen LogP contribution in [-0.4, -0.2) is 18.6 Å². The highest BCUT2D eigenvalue weighted by atomic mass is 16.5. The molecule has 0 fully saturated rings. The topological polar surface area (TPSA) is 34.2 Å². The molecule has 0 aliphatic rings. The van der Waals surface area contributed by atoms with E-state index in [-0.39, 0.29) is 6.04 Å². The molecular weight excluding hydrogens is 200 g/mol. The third-order valence-corrected chi connectivity index (χ3v) is 2.42. The van der Waals surface area contributed by atoms with Crippen LogP contribution in [0.1, 0.15) is 31.4 Å². The van der Waals surface area contributed by atoms with Gasteiger partial charge in [-0.1, -0.05) is 13.0 Å². The second kappa shape index (κ2) is 7.01. The molecule has 0 saturated heterocycles. The molecule has 16 heavy (non-hydrogen) atoms. The summed E-state index contributed by atoms with van der Waals surface area (Å²) in [5.41, 5.74) is 1.15. The predicted molar refractivity (Wildman–Crippen MR) is 66.6 cm³/mol. The highest BCUT2D eigenvalue weighted by molar-refractivity contribution is 5.26. The second-order valence-corrected chi connectivity index (χ2v) is 3.69. The van der Waals surface area contributed by atoms with Gasteiger partial charge in [0, 0.05) is 12.2 Å². The minimum Gasteiger partial charge on any atom is -0.495 e. The van der Waals surface area contributed by atoms with E-state index < -0.39 is 0 Å². The van der Waals surface area contributed by atoms with Crippen molar-refractivity contribution in [2.75, 3.05) is 13.7 Å². The smallest absolute Gasteiger partial charge is 0.137 e. The zero-order chi connectivity index (χ0) is 11.8. The molecule has 88 valence electrons. The number of pyridine rings is 1. The maximum atomic E-state index is 5.17. The van der Waals surface area contributed by atoms with Gasteiger partial charge in [0.25, 0.3) is 0 Å². The number of aromatic nitrogens is 1. The first-order chi connectivity index (χ1) is 7.81. The Balaban J connectivity index is 2.77. The third-order valence-electron chi connectivity index (χ3n) is 2.42. The molecule has 1 N–H and O–H groups in total. The largest absolute Gasteiger partial charge is 0.495 e. The first-order valence-electron chi connectivity index (χ1n) is 5.65. The number of ether oxygens (including phenoxy) is 1. The zero-order valence-corrected chi connectivity index (χ0v) is 10.1. The first kappa shape index (κ1) is 12.7. The number of nitrogens with one attached hydrogen (secondary N) is 1. The normalized spacial score (nSPS) is 12.1. The number of hydrogen-bond donors (Lipinski definition) is 1. The molecule has 3 heteroatoms. The van der Waals surface area contributed by atoms with Crippen molar-refractivity contribution in [2.45, 2.75) is 25.8 Å². The van der Waals surface area contributed by atoms with Crippen molar-refractivity contribution in [1.82, 2.24) is 10.3 Å². The lowest BCUT2D eigenvalue weighted by atomic mass is 10.1. The molecule has 0 saturated carbocycles. The Morgan fingerprint density at radius 1 is 1.56 bits per heavy atom. The van der Waals surface area contributed by atoms with Crippen LogP contribution in [0.25, 0.3) is 0 Å². The van der Waals surface area contributed by atoms with Gasteiger partial charge in [0.15, 0.2) is 0 Å². The fourth-order valence-electron chi connectivity index (χ4n) is 1.56. The molecule has 1 rings (SSSR count). The number of methoxy groups -OCH3 is 1. The van der Waals surface area contributed by atoms with Crippen molar-refractivity contribution >= 4 is 0 Å². The second-order valence-electron chi connectivity index (χ2n) is 3.69. The Bertz CT molecular complexity index is 325. The average molecular weight is 220 g/mol. The Morgan fingerprint density at radius 2 is 2.38 bits per heavy atom. The summed E-state index contributed by atoms with van der Waals surface area (Å²) in [6.45, 7) is 6.94. The third kappa shape index (κ3) is 3.66. The van der Waals surface area contributed by atoms with Gasteiger partial charge in [0.1, 0.15) is 5.75 Å². The summed E-state index contributed by atoms with van der Waals surface area (Å²) < 4.78 is 5.17. The van der Waals surface area contributed by atoms with Crippen LogP contribution in [0, 0.1) is 0 Å². The SMILES string of the molecule is C=CCC(NCCC)c1cncc(OC)c1. The number of nitrogens with zero attached hydrogens (tertiary/aromatic N) is 1. The maximum Gasteiger partial charge on any atom is 0.137 e. The summed E-state index contributed by atoms with van der Waals surface area (Å²) >= 11 is 0. The van der Waals surface area contributed by atoms with Crippen molar-refractivity contribution in [3.8, 4) is 5.75 Å². The van der Waals surface area contributed by atoms with Gasteiger partial charge in [-0.15, -0.1) is 6.58 Å². The molecule has 0 spiro atoms. The van der Waals surface area contributed by atoms with Crippen LogP contribution in [0.5, 0.6) is 5.75 Å². The molecule has 0 amide bonds. The summed E-state index contributed by atoms with van der Waals surface area (Å²) in [6.07, 6.45) is 7.53. The molecule has 1 heterocycles. The van der Waals surface area contributed by atoms with Crippen LogP contribution < -0.4 is 10.1 Å². The maximum absolute atomic E-state index is 5.17. The predicted octanol–water partition coefficient (Wildman–Crippen LogP) is 2.71. The molecule has 0 aromatic carbocycles. The molecule has 1 atom stereocenters. The Morgan fingerprint density at radius 3 is 3.00 bits per heavy atom. The fourth-order valence-corrected chi connectivity index (χ4v) is 1.56. The standard InChI is InChI=1S/C13H20N2O/c1-4-6-13(15-7-5-2)11-8-12(16-3)10-14-9-11/h4,8-10,13,15H,1,5-7H2,2-3H3. The summed E-state index contributed by atoms with van der Waals surface area (Å²) in [7, 11) is 1.66. The van der Waals surface area contributed by atoms with E-state index in [2.05, 4.69) is 23.8 Å². The molecule has 0 bridgehead atoms. The molecule has 1 aromatic heterocycles. The van der Waals surface area contributed by atoms with Crippen LogP contribution in [0.15, 0.2) is 31.1 Å². The molecule has 1 unspecified atom stereocenters. The van der Waals surface area contributed by atoms with Crippen LogP contribution in [0.4, 0.5) is 0 Å². The van der Waals surface area contributed by atoms with Gasteiger partial charge in [0.2, 0.25) is 0 Å². The van der Waals surface area contributed by atoms with Gasteiger partial charge in [-0.05, 0) is 31.0 Å². The quantitative estimate of drug-likeness (QED) is 0.717. The Hall–Kier alpha value is -1.35. The lowest BCUT2D eigenvalue weighted by Crippen LogP contribution is -2.21. The lowest BCUT2D eigenvalue weighted by molar-refractivity contribution is 0.410. The lowest BCUT2D eigenvalue weighted by Gasteiger charge is -2.17. The van der Waals surface area contributed by atoms with E-state index in [1.54, 1.807) is 13.3 Å². The molecule has 3 nitrogen and oxygen atoms in total. The van der Waals surface area contributed by atoms with Crippen LogP contribution in [-0.2, 0) is 0 Å². The molecular formula is C13H20N2O. The summed E-state index contributed by atoms with van der Waals surface area (Å²) in [4.78, 5) is 4.17. The van der Waals surface area contributed by atoms with E-state index in [0.29, 0.717) is 0 Å². The first-order valence-corrected chi connectivity index (χ1v) is 5.65. The van der Waals surface area contributed by atoms with Gasteiger partial charge in [-0.25, -0.2) is 0 Å². The van der Waals surface area contributed by atoms with Gasteiger partial charge in [-0.2, -0.15) is 0 Å². The zero-order valence-electron chi connectivity index (χ0n) is 10.1. The highest BCUT2D eigenvalue weighted by Gasteiger charge is 2.09. The number of rotatable bonds is 7. The molecule has 0 radical (unpaired) electrons. The van der Waals surface area contributed by atoms with Crippen molar-refractivity contribution < 1.29 is 4.74 Å². The minimum atomic E-state index is 0.278. The van der Waals surface area contributed by atoms with Crippen molar-refractivity contribution in [2.24, 2.45) is 0 Å². The van der Waals surface area contributed by atoms with Crippen LogP contribution in [0.2, 0.25) is 0 Å². The van der Waals surface area contributed by atoms with Crippen molar-refractivity contribution in [3.63, 3.8) is 0 Å². The summed E-state index contributed by atoms with van der Waals surface area (Å²) in [5.74, 6) is 0.796. The summed E-state index contributed by atoms with van der Waals surface area (Å²) in [6, 6.07) is 2.30. The Labute approximate surface area is 97.5 Å². The fraction of sp³-hybridized carbons (Fsp3) is 0.462. The average Bonchev–Trinajstić information content (AvgIpc) is 2.34. The van der Waals surface area contributed by atoms with Crippen molar-refractivity contribution in [3.05, 3.63) is 36.7 Å². The van der Waals surface area contributed by atoms with Crippen LogP contribution in [0.3, 0.4) is 0 Å². The van der Waals surface area contributed by atoms with Gasteiger partial charge >= 0.3 is 0 Å². The van der Waals surface area contributed by atoms with E-state index in [1.165, 1.54) is 0 Å². The van der Waals surface area contributed by atoms with Gasteiger partial charge in [0.05, 0.1) is 13.3 Å². The van der Waals surface area contributed by atoms with E-state index in [1.807, 2.05) is 18.3 Å². The van der Waals surface area contributed by atoms with Crippen LogP contribution >= 0.6 is 0 Å². The van der Waals surface area contributed by atoms with Crippen molar-refractivity contribution in [1.29, 1.82) is 0 Å². The molecule has 1 aromatic rings. The number of hydrogen-bond acceptors (Lipinski definition) is 3. The van der Waals surface area contributed by atoms with E-state index in [4.69, 9.17) is 4.74 Å². The Kier molecular flexibility index (Phi) is 5.57. The van der Waals surface area contributed by atoms with E-state index >= 15 is 0 Å². The van der Waals surface area contributed by atoms with E-state index in [0.717, 1.165) is 30.7 Å². The monoisotopic (exact) mass is 220 g/mol. The molecule has 0 aliphatic heterocycles.